The number of nitrogens with zero attached hydrogens (tertiary/aromatic N) is 1. The summed E-state index contributed by atoms with van der Waals surface area (Å²) in [5.41, 5.74) is 4.27. The molecule has 0 aliphatic carbocycles. The molecule has 3 rings (SSSR count). The van der Waals surface area contributed by atoms with Crippen molar-refractivity contribution in [3.05, 3.63) is 34.7 Å². The molecule has 0 saturated heterocycles. The highest BCUT2D eigenvalue weighted by Crippen LogP contribution is 2.49. The van der Waals surface area contributed by atoms with Crippen molar-refractivity contribution < 1.29 is 19.1 Å². The van der Waals surface area contributed by atoms with Crippen molar-refractivity contribution in [1.29, 1.82) is 0 Å². The third kappa shape index (κ3) is 1.83. The van der Waals surface area contributed by atoms with E-state index in [-0.39, 0.29) is 18.0 Å². The largest absolute Gasteiger partial charge is 0.469 e. The molecule has 2 aliphatic heterocycles. The Morgan fingerprint density at radius 3 is 2.48 bits per heavy atom. The zero-order valence-corrected chi connectivity index (χ0v) is 12.7. The van der Waals surface area contributed by atoms with Crippen LogP contribution in [0, 0.1) is 12.8 Å². The number of esters is 2. The molecule has 0 radical (unpaired) electrons. The van der Waals surface area contributed by atoms with Gasteiger partial charge in [-0.05, 0) is 25.5 Å². The van der Waals surface area contributed by atoms with Crippen molar-refractivity contribution in [2.75, 3.05) is 14.2 Å². The fourth-order valence-electron chi connectivity index (χ4n) is 3.76. The van der Waals surface area contributed by atoms with Crippen LogP contribution in [0.25, 0.3) is 0 Å². The Labute approximate surface area is 123 Å². The Morgan fingerprint density at radius 2 is 1.86 bits per heavy atom. The lowest BCUT2D eigenvalue weighted by Gasteiger charge is -2.25. The topological polar surface area (TPSA) is 57.5 Å². The molecule has 0 amide bonds. The molecule has 2 aliphatic rings. The first-order chi connectivity index (χ1) is 9.99. The molecule has 3 heterocycles. The van der Waals surface area contributed by atoms with Crippen LogP contribution in [-0.4, -0.2) is 30.7 Å². The minimum absolute atomic E-state index is 0.158. The van der Waals surface area contributed by atoms with Crippen molar-refractivity contribution in [2.24, 2.45) is 5.92 Å². The van der Waals surface area contributed by atoms with E-state index >= 15 is 0 Å². The van der Waals surface area contributed by atoms with Gasteiger partial charge in [0.15, 0.2) is 0 Å². The van der Waals surface area contributed by atoms with E-state index in [4.69, 9.17) is 9.47 Å². The molecule has 1 aromatic heterocycles. The van der Waals surface area contributed by atoms with Gasteiger partial charge in [-0.1, -0.05) is 11.6 Å². The highest BCUT2D eigenvalue weighted by Gasteiger charge is 2.51. The van der Waals surface area contributed by atoms with Crippen LogP contribution in [0.3, 0.4) is 0 Å². The monoisotopic (exact) mass is 289 g/mol. The number of aromatic nitrogens is 1. The molecule has 0 N–H and O–H groups in total. The Hall–Kier alpha value is -2.04. The summed E-state index contributed by atoms with van der Waals surface area (Å²) in [6.45, 7) is 4.02. The van der Waals surface area contributed by atoms with Gasteiger partial charge in [0.2, 0.25) is 0 Å². The first-order valence-electron chi connectivity index (χ1n) is 7.03. The summed E-state index contributed by atoms with van der Waals surface area (Å²) in [6.07, 6.45) is 2.92. The molecule has 0 aromatic carbocycles. The molecular formula is C16H19NO4. The highest BCUT2D eigenvalue weighted by molar-refractivity contribution is 5.88. The minimum Gasteiger partial charge on any atom is -0.469 e. The summed E-state index contributed by atoms with van der Waals surface area (Å²) in [5.74, 6) is -1.89. The van der Waals surface area contributed by atoms with E-state index < -0.39 is 11.8 Å². The summed E-state index contributed by atoms with van der Waals surface area (Å²) in [7, 11) is 2.71. The quantitative estimate of drug-likeness (QED) is 0.616. The molecule has 21 heavy (non-hydrogen) atoms. The highest BCUT2D eigenvalue weighted by atomic mass is 16.5. The van der Waals surface area contributed by atoms with Gasteiger partial charge in [0.25, 0.3) is 0 Å². The van der Waals surface area contributed by atoms with Crippen LogP contribution < -0.4 is 0 Å². The van der Waals surface area contributed by atoms with Crippen LogP contribution in [0.4, 0.5) is 0 Å². The van der Waals surface area contributed by atoms with E-state index in [1.165, 1.54) is 19.8 Å². The van der Waals surface area contributed by atoms with Crippen LogP contribution in [-0.2, 0) is 25.5 Å². The molecule has 1 aromatic rings. The summed E-state index contributed by atoms with van der Waals surface area (Å²) in [5, 5.41) is 0. The SMILES string of the molecule is COC(=O)C1c2c(C)cc3n2C(C=C(C)C3)C1C(=O)OC. The summed E-state index contributed by atoms with van der Waals surface area (Å²) >= 11 is 0. The van der Waals surface area contributed by atoms with Gasteiger partial charge in [0.1, 0.15) is 5.92 Å². The number of allylic oxidation sites excluding steroid dienone is 2. The second kappa shape index (κ2) is 4.76. The molecule has 5 nitrogen and oxygen atoms in total. The number of ether oxygens (including phenoxy) is 2. The standard InChI is InChI=1S/C16H19NO4/c1-8-5-10-7-9(2)14-13(16(19)21-4)12(15(18)20-3)11(6-8)17(10)14/h6-7,11-13H,5H2,1-4H3. The lowest BCUT2D eigenvalue weighted by molar-refractivity contribution is -0.154. The van der Waals surface area contributed by atoms with Gasteiger partial charge in [-0.25, -0.2) is 0 Å². The van der Waals surface area contributed by atoms with Gasteiger partial charge in [0.05, 0.1) is 26.2 Å². The smallest absolute Gasteiger partial charge is 0.315 e. The lowest BCUT2D eigenvalue weighted by Crippen LogP contribution is -2.30. The third-order valence-electron chi connectivity index (χ3n) is 4.52. The van der Waals surface area contributed by atoms with E-state index in [1.807, 2.05) is 13.8 Å². The molecule has 0 fully saturated rings. The van der Waals surface area contributed by atoms with Crippen molar-refractivity contribution >= 4 is 11.9 Å². The number of methoxy groups -OCH3 is 2. The van der Waals surface area contributed by atoms with Crippen LogP contribution in [0.2, 0.25) is 0 Å². The van der Waals surface area contributed by atoms with Crippen molar-refractivity contribution in [3.8, 4) is 0 Å². The van der Waals surface area contributed by atoms with Gasteiger partial charge in [-0.2, -0.15) is 0 Å². The van der Waals surface area contributed by atoms with E-state index in [0.29, 0.717) is 0 Å². The number of rotatable bonds is 2. The van der Waals surface area contributed by atoms with E-state index in [0.717, 1.165) is 23.4 Å². The van der Waals surface area contributed by atoms with Crippen molar-refractivity contribution in [3.63, 3.8) is 0 Å². The Bertz CT molecular complexity index is 655. The third-order valence-corrected chi connectivity index (χ3v) is 4.52. The molecule has 5 heteroatoms. The molecular weight excluding hydrogens is 270 g/mol. The summed E-state index contributed by atoms with van der Waals surface area (Å²) < 4.78 is 12.0. The number of hydrogen-bond donors (Lipinski definition) is 0. The van der Waals surface area contributed by atoms with Gasteiger partial charge in [-0.15, -0.1) is 0 Å². The number of aryl methyl sites for hydroxylation is 1. The number of hydrogen-bond acceptors (Lipinski definition) is 4. The maximum Gasteiger partial charge on any atom is 0.315 e. The second-order valence-electron chi connectivity index (χ2n) is 5.80. The Balaban J connectivity index is 2.21. The van der Waals surface area contributed by atoms with Crippen molar-refractivity contribution in [1.82, 2.24) is 4.57 Å². The molecule has 0 spiro atoms. The molecule has 3 unspecified atom stereocenters. The first-order valence-corrected chi connectivity index (χ1v) is 7.03. The molecule has 0 saturated carbocycles. The zero-order chi connectivity index (χ0) is 15.3. The second-order valence-corrected chi connectivity index (χ2v) is 5.80. The van der Waals surface area contributed by atoms with Crippen LogP contribution in [0.15, 0.2) is 17.7 Å². The molecule has 112 valence electrons. The fourth-order valence-corrected chi connectivity index (χ4v) is 3.76. The summed E-state index contributed by atoms with van der Waals surface area (Å²) in [6, 6.07) is 1.94. The van der Waals surface area contributed by atoms with E-state index in [9.17, 15) is 9.59 Å². The van der Waals surface area contributed by atoms with E-state index in [2.05, 4.69) is 16.7 Å². The lowest BCUT2D eigenvalue weighted by atomic mass is 9.84. The van der Waals surface area contributed by atoms with Gasteiger partial charge in [0, 0.05) is 17.8 Å². The van der Waals surface area contributed by atoms with Gasteiger partial charge >= 0.3 is 11.9 Å². The van der Waals surface area contributed by atoms with Crippen LogP contribution in [0.1, 0.15) is 35.8 Å². The molecule has 3 atom stereocenters. The predicted molar refractivity (Wildman–Crippen MR) is 75.9 cm³/mol. The van der Waals surface area contributed by atoms with Crippen LogP contribution in [0.5, 0.6) is 0 Å². The normalized spacial score (nSPS) is 26.1. The minimum atomic E-state index is -0.594. The average molecular weight is 289 g/mol. The van der Waals surface area contributed by atoms with Crippen LogP contribution >= 0.6 is 0 Å². The number of carbonyl (C=O) groups excluding carboxylic acids is 2. The van der Waals surface area contributed by atoms with Gasteiger partial charge in [-0.3, -0.25) is 9.59 Å². The maximum atomic E-state index is 12.3. The van der Waals surface area contributed by atoms with Gasteiger partial charge < -0.3 is 14.0 Å². The first kappa shape index (κ1) is 13.9. The fraction of sp³-hybridized carbons (Fsp3) is 0.500. The summed E-state index contributed by atoms with van der Waals surface area (Å²) in [4.78, 5) is 24.5. The van der Waals surface area contributed by atoms with E-state index in [1.54, 1.807) is 0 Å². The number of carbonyl (C=O) groups is 2. The average Bonchev–Trinajstić information content (AvgIpc) is 2.96. The Morgan fingerprint density at radius 1 is 1.19 bits per heavy atom. The zero-order valence-electron chi connectivity index (χ0n) is 12.7. The maximum absolute atomic E-state index is 12.3. The predicted octanol–water partition coefficient (Wildman–Crippen LogP) is 1.90. The van der Waals surface area contributed by atoms with Crippen molar-refractivity contribution in [2.45, 2.75) is 32.2 Å². The molecule has 0 bridgehead atoms. The Kier molecular flexibility index (Phi) is 3.15.